The van der Waals surface area contributed by atoms with Gasteiger partial charge in [-0.2, -0.15) is 0 Å². The van der Waals surface area contributed by atoms with Crippen molar-refractivity contribution in [2.24, 2.45) is 5.16 Å². The Kier molecular flexibility index (Phi) is 3.40. The smallest absolute Gasteiger partial charge is 0.123 e. The second-order valence-corrected chi connectivity index (χ2v) is 3.06. The maximum Gasteiger partial charge on any atom is 0.123 e. The van der Waals surface area contributed by atoms with Crippen LogP contribution in [0.4, 0.5) is 4.39 Å². The van der Waals surface area contributed by atoms with Crippen LogP contribution in [0.2, 0.25) is 0 Å². The first-order valence-electron chi connectivity index (χ1n) is 4.26. The number of hydrogen-bond acceptors (Lipinski definition) is 2. The molecule has 3 heteroatoms. The van der Waals surface area contributed by atoms with Crippen molar-refractivity contribution < 1.29 is 9.60 Å². The largest absolute Gasteiger partial charge is 0.411 e. The van der Waals surface area contributed by atoms with Crippen molar-refractivity contribution in [3.63, 3.8) is 0 Å². The number of hydrogen-bond donors (Lipinski definition) is 1. The van der Waals surface area contributed by atoms with Crippen LogP contribution in [0.3, 0.4) is 0 Å². The van der Waals surface area contributed by atoms with Gasteiger partial charge in [0.25, 0.3) is 0 Å². The molecule has 0 heterocycles. The standard InChI is InChI=1S/C11H12FNO/c1-8(9(2)13-14)7-10-3-5-11(12)6-4-10/h3-7,14H,1-2H3/b8-7-,13-9+. The maximum absolute atomic E-state index is 12.6. The minimum Gasteiger partial charge on any atom is -0.411 e. The van der Waals surface area contributed by atoms with E-state index in [9.17, 15) is 4.39 Å². The Morgan fingerprint density at radius 2 is 1.86 bits per heavy atom. The lowest BCUT2D eigenvalue weighted by molar-refractivity contribution is 0.319. The zero-order valence-electron chi connectivity index (χ0n) is 8.16. The average molecular weight is 193 g/mol. The second kappa shape index (κ2) is 4.56. The topological polar surface area (TPSA) is 32.6 Å². The van der Waals surface area contributed by atoms with Crippen LogP contribution in [0.5, 0.6) is 0 Å². The number of oxime groups is 1. The van der Waals surface area contributed by atoms with Crippen molar-refractivity contribution in [3.8, 4) is 0 Å². The molecule has 1 aromatic rings. The van der Waals surface area contributed by atoms with Crippen LogP contribution in [0.1, 0.15) is 19.4 Å². The second-order valence-electron chi connectivity index (χ2n) is 3.06. The molecule has 0 saturated carbocycles. The van der Waals surface area contributed by atoms with Crippen molar-refractivity contribution >= 4 is 11.8 Å². The van der Waals surface area contributed by atoms with Crippen LogP contribution in [-0.4, -0.2) is 10.9 Å². The van der Waals surface area contributed by atoms with Crippen LogP contribution in [0, 0.1) is 5.82 Å². The molecule has 1 aromatic carbocycles. The molecule has 74 valence electrons. The summed E-state index contributed by atoms with van der Waals surface area (Å²) in [6.45, 7) is 3.54. The van der Waals surface area contributed by atoms with Gasteiger partial charge in [-0.3, -0.25) is 0 Å². The fourth-order valence-electron chi connectivity index (χ4n) is 0.992. The summed E-state index contributed by atoms with van der Waals surface area (Å²) in [5.74, 6) is -0.257. The lowest BCUT2D eigenvalue weighted by Gasteiger charge is -1.98. The molecule has 0 spiro atoms. The van der Waals surface area contributed by atoms with Gasteiger partial charge in [-0.15, -0.1) is 0 Å². The molecule has 0 aliphatic heterocycles. The zero-order chi connectivity index (χ0) is 10.6. The Morgan fingerprint density at radius 3 is 2.36 bits per heavy atom. The number of allylic oxidation sites excluding steroid dienone is 1. The minimum absolute atomic E-state index is 0.257. The summed E-state index contributed by atoms with van der Waals surface area (Å²) >= 11 is 0. The zero-order valence-corrected chi connectivity index (χ0v) is 8.16. The van der Waals surface area contributed by atoms with Crippen molar-refractivity contribution in [1.82, 2.24) is 0 Å². The Bertz CT molecular complexity index is 365. The molecule has 1 rings (SSSR count). The van der Waals surface area contributed by atoms with E-state index in [1.54, 1.807) is 19.1 Å². The van der Waals surface area contributed by atoms with Crippen LogP contribution < -0.4 is 0 Å². The monoisotopic (exact) mass is 193 g/mol. The number of benzene rings is 1. The number of rotatable bonds is 2. The normalized spacial score (nSPS) is 13.1. The molecule has 0 unspecified atom stereocenters. The fraction of sp³-hybridized carbons (Fsp3) is 0.182. The Balaban J connectivity index is 2.92. The summed E-state index contributed by atoms with van der Waals surface area (Å²) in [4.78, 5) is 0. The van der Waals surface area contributed by atoms with Gasteiger partial charge in [0.15, 0.2) is 0 Å². The molecule has 14 heavy (non-hydrogen) atoms. The van der Waals surface area contributed by atoms with Gasteiger partial charge in [0.05, 0.1) is 5.71 Å². The summed E-state index contributed by atoms with van der Waals surface area (Å²) in [6.07, 6.45) is 1.83. The molecule has 2 nitrogen and oxygen atoms in total. The Morgan fingerprint density at radius 1 is 1.29 bits per heavy atom. The highest BCUT2D eigenvalue weighted by Crippen LogP contribution is 2.09. The predicted molar refractivity (Wildman–Crippen MR) is 54.9 cm³/mol. The van der Waals surface area contributed by atoms with E-state index in [2.05, 4.69) is 5.16 Å². The lowest BCUT2D eigenvalue weighted by atomic mass is 10.1. The van der Waals surface area contributed by atoms with Gasteiger partial charge in [0.2, 0.25) is 0 Å². The van der Waals surface area contributed by atoms with Crippen molar-refractivity contribution in [2.75, 3.05) is 0 Å². The van der Waals surface area contributed by atoms with E-state index < -0.39 is 0 Å². The predicted octanol–water partition coefficient (Wildman–Crippen LogP) is 3.08. The van der Waals surface area contributed by atoms with Crippen molar-refractivity contribution in [3.05, 3.63) is 41.2 Å². The molecule has 0 bridgehead atoms. The van der Waals surface area contributed by atoms with E-state index in [0.717, 1.165) is 11.1 Å². The summed E-state index contributed by atoms with van der Waals surface area (Å²) in [6, 6.07) is 6.13. The summed E-state index contributed by atoms with van der Waals surface area (Å²) in [5.41, 5.74) is 2.28. The molecule has 1 N–H and O–H groups in total. The van der Waals surface area contributed by atoms with Gasteiger partial charge in [0, 0.05) is 0 Å². The molecule has 0 aliphatic rings. The highest BCUT2D eigenvalue weighted by atomic mass is 19.1. The molecular weight excluding hydrogens is 181 g/mol. The molecule has 0 aliphatic carbocycles. The highest BCUT2D eigenvalue weighted by Gasteiger charge is 1.96. The molecule has 0 fully saturated rings. The van der Waals surface area contributed by atoms with Crippen LogP contribution in [-0.2, 0) is 0 Å². The molecule has 0 amide bonds. The van der Waals surface area contributed by atoms with Crippen molar-refractivity contribution in [1.29, 1.82) is 0 Å². The van der Waals surface area contributed by atoms with E-state index in [4.69, 9.17) is 5.21 Å². The van der Waals surface area contributed by atoms with Gasteiger partial charge in [-0.1, -0.05) is 23.4 Å². The highest BCUT2D eigenvalue weighted by molar-refractivity contribution is 6.01. The Hall–Kier alpha value is -1.64. The third kappa shape index (κ3) is 2.69. The molecular formula is C11H12FNO. The number of nitrogens with zero attached hydrogens (tertiary/aromatic N) is 1. The number of halogens is 1. The first-order valence-corrected chi connectivity index (χ1v) is 4.26. The first kappa shape index (κ1) is 10.4. The van der Waals surface area contributed by atoms with E-state index in [-0.39, 0.29) is 5.82 Å². The van der Waals surface area contributed by atoms with E-state index in [1.165, 1.54) is 12.1 Å². The van der Waals surface area contributed by atoms with Crippen LogP contribution in [0.15, 0.2) is 35.0 Å². The maximum atomic E-state index is 12.6. The average Bonchev–Trinajstić information content (AvgIpc) is 2.20. The quantitative estimate of drug-likeness (QED) is 0.437. The van der Waals surface area contributed by atoms with Crippen LogP contribution >= 0.6 is 0 Å². The fourth-order valence-corrected chi connectivity index (χ4v) is 0.992. The van der Waals surface area contributed by atoms with E-state index in [1.807, 2.05) is 13.0 Å². The summed E-state index contributed by atoms with van der Waals surface area (Å²) in [7, 11) is 0. The molecule has 0 aromatic heterocycles. The first-order chi connectivity index (χ1) is 6.63. The minimum atomic E-state index is -0.257. The molecule has 0 saturated heterocycles. The third-order valence-corrected chi connectivity index (χ3v) is 1.97. The van der Waals surface area contributed by atoms with Gasteiger partial charge in [-0.05, 0) is 37.1 Å². The van der Waals surface area contributed by atoms with E-state index >= 15 is 0 Å². The summed E-state index contributed by atoms with van der Waals surface area (Å²) in [5, 5.41) is 11.6. The SMILES string of the molecule is CC(=C/c1ccc(F)cc1)/C(C)=N/O. The lowest BCUT2D eigenvalue weighted by Crippen LogP contribution is -1.92. The molecule has 0 radical (unpaired) electrons. The van der Waals surface area contributed by atoms with Gasteiger partial charge in [-0.25, -0.2) is 4.39 Å². The van der Waals surface area contributed by atoms with E-state index in [0.29, 0.717) is 5.71 Å². The summed E-state index contributed by atoms with van der Waals surface area (Å²) < 4.78 is 12.6. The molecule has 0 atom stereocenters. The Labute approximate surface area is 82.4 Å². The van der Waals surface area contributed by atoms with Crippen LogP contribution in [0.25, 0.3) is 6.08 Å². The third-order valence-electron chi connectivity index (χ3n) is 1.97. The van der Waals surface area contributed by atoms with Crippen molar-refractivity contribution in [2.45, 2.75) is 13.8 Å². The van der Waals surface area contributed by atoms with Gasteiger partial charge < -0.3 is 5.21 Å². The van der Waals surface area contributed by atoms with Gasteiger partial charge >= 0.3 is 0 Å². The van der Waals surface area contributed by atoms with Gasteiger partial charge in [0.1, 0.15) is 5.82 Å².